The number of carbonyl (C=O) groups excluding carboxylic acids is 1. The maximum Gasteiger partial charge on any atom is 0.277 e. The van der Waals surface area contributed by atoms with Crippen molar-refractivity contribution in [1.29, 1.82) is 0 Å². The third-order valence-electron chi connectivity index (χ3n) is 3.68. The zero-order chi connectivity index (χ0) is 18.8. The standard InChI is InChI=1S/C15H14Cl2N6O3/c1-8-11(15(25)22(2)20-8)13(24)9-3-4-10(16)14(12(9)17)26-6-5-23-19-7-18-21-23/h3-4,7,20H,5-6H2,1-2H3. The van der Waals surface area contributed by atoms with Crippen molar-refractivity contribution in [3.8, 4) is 5.75 Å². The largest absolute Gasteiger partial charge is 0.488 e. The van der Waals surface area contributed by atoms with Crippen molar-refractivity contribution in [2.24, 2.45) is 7.05 Å². The van der Waals surface area contributed by atoms with Crippen molar-refractivity contribution < 1.29 is 9.53 Å². The van der Waals surface area contributed by atoms with Crippen molar-refractivity contribution in [2.75, 3.05) is 6.61 Å². The van der Waals surface area contributed by atoms with E-state index in [1.165, 1.54) is 35.0 Å². The Kier molecular flexibility index (Phi) is 5.10. The van der Waals surface area contributed by atoms with Gasteiger partial charge in [-0.05, 0) is 24.3 Å². The van der Waals surface area contributed by atoms with Crippen molar-refractivity contribution in [3.05, 3.63) is 55.7 Å². The Balaban J connectivity index is 1.89. The summed E-state index contributed by atoms with van der Waals surface area (Å²) in [5.74, 6) is -0.349. The fraction of sp³-hybridized carbons (Fsp3) is 0.267. The van der Waals surface area contributed by atoms with Crippen LogP contribution in [0, 0.1) is 6.92 Å². The fourth-order valence-corrected chi connectivity index (χ4v) is 3.01. The maximum absolute atomic E-state index is 12.8. The van der Waals surface area contributed by atoms with Crippen LogP contribution in [-0.4, -0.2) is 42.4 Å². The van der Waals surface area contributed by atoms with Crippen molar-refractivity contribution in [2.45, 2.75) is 13.5 Å². The minimum Gasteiger partial charge on any atom is -0.488 e. The highest BCUT2D eigenvalue weighted by Crippen LogP contribution is 2.36. The summed E-state index contributed by atoms with van der Waals surface area (Å²) in [6, 6.07) is 2.96. The molecule has 0 aliphatic carbocycles. The number of nitrogens with zero attached hydrogens (tertiary/aromatic N) is 5. The van der Waals surface area contributed by atoms with Gasteiger partial charge in [-0.1, -0.05) is 23.2 Å². The number of rotatable bonds is 6. The van der Waals surface area contributed by atoms with Gasteiger partial charge in [0.05, 0.1) is 16.6 Å². The summed E-state index contributed by atoms with van der Waals surface area (Å²) >= 11 is 12.5. The molecular formula is C15H14Cl2N6O3. The number of aromatic amines is 1. The number of tetrazole rings is 1. The summed E-state index contributed by atoms with van der Waals surface area (Å²) in [7, 11) is 1.53. The van der Waals surface area contributed by atoms with Crippen LogP contribution in [0.5, 0.6) is 5.75 Å². The number of benzene rings is 1. The van der Waals surface area contributed by atoms with E-state index in [-0.39, 0.29) is 33.5 Å². The van der Waals surface area contributed by atoms with Crippen LogP contribution in [0.15, 0.2) is 23.3 Å². The van der Waals surface area contributed by atoms with Gasteiger partial charge in [-0.25, -0.2) is 0 Å². The second kappa shape index (κ2) is 7.30. The van der Waals surface area contributed by atoms with E-state index in [1.807, 2.05) is 0 Å². The van der Waals surface area contributed by atoms with Crippen LogP contribution in [-0.2, 0) is 13.6 Å². The van der Waals surface area contributed by atoms with Crippen LogP contribution in [0.1, 0.15) is 21.6 Å². The first kappa shape index (κ1) is 18.2. The number of H-pyrrole nitrogens is 1. The van der Waals surface area contributed by atoms with E-state index >= 15 is 0 Å². The lowest BCUT2D eigenvalue weighted by atomic mass is 10.0. The minimum atomic E-state index is -0.506. The Morgan fingerprint density at radius 2 is 2.12 bits per heavy atom. The third-order valence-corrected chi connectivity index (χ3v) is 4.35. The van der Waals surface area contributed by atoms with E-state index in [9.17, 15) is 9.59 Å². The Morgan fingerprint density at radius 1 is 1.35 bits per heavy atom. The van der Waals surface area contributed by atoms with Gasteiger partial charge in [0.2, 0.25) is 5.78 Å². The molecule has 0 saturated heterocycles. The van der Waals surface area contributed by atoms with Gasteiger partial charge in [0, 0.05) is 18.3 Å². The molecule has 0 aliphatic heterocycles. The van der Waals surface area contributed by atoms with Crippen LogP contribution < -0.4 is 10.3 Å². The molecule has 1 aromatic carbocycles. The zero-order valence-electron chi connectivity index (χ0n) is 13.9. The number of nitrogens with one attached hydrogen (secondary N) is 1. The Hall–Kier alpha value is -2.65. The SMILES string of the molecule is Cc1[nH]n(C)c(=O)c1C(=O)c1ccc(Cl)c(OCCn2ncnn2)c1Cl. The summed E-state index contributed by atoms with van der Waals surface area (Å²) < 4.78 is 6.83. The molecule has 0 saturated carbocycles. The molecule has 26 heavy (non-hydrogen) atoms. The highest BCUT2D eigenvalue weighted by Gasteiger charge is 2.24. The van der Waals surface area contributed by atoms with Crippen LogP contribution >= 0.6 is 23.2 Å². The van der Waals surface area contributed by atoms with Crippen molar-refractivity contribution in [3.63, 3.8) is 0 Å². The van der Waals surface area contributed by atoms with Gasteiger partial charge in [0.15, 0.2) is 12.1 Å². The molecule has 136 valence electrons. The van der Waals surface area contributed by atoms with Gasteiger partial charge in [0.1, 0.15) is 12.2 Å². The van der Waals surface area contributed by atoms with E-state index in [1.54, 1.807) is 6.92 Å². The summed E-state index contributed by atoms with van der Waals surface area (Å²) in [5.41, 5.74) is 0.172. The topological polar surface area (TPSA) is 108 Å². The first-order chi connectivity index (χ1) is 12.4. The predicted molar refractivity (Wildman–Crippen MR) is 94.0 cm³/mol. The lowest BCUT2D eigenvalue weighted by molar-refractivity contribution is 0.103. The van der Waals surface area contributed by atoms with E-state index in [0.717, 1.165) is 0 Å². The van der Waals surface area contributed by atoms with Gasteiger partial charge >= 0.3 is 0 Å². The molecule has 11 heteroatoms. The highest BCUT2D eigenvalue weighted by molar-refractivity contribution is 6.40. The van der Waals surface area contributed by atoms with E-state index < -0.39 is 11.3 Å². The summed E-state index contributed by atoms with van der Waals surface area (Å²) in [6.45, 7) is 2.13. The molecule has 0 unspecified atom stereocenters. The molecule has 2 aromatic heterocycles. The Morgan fingerprint density at radius 3 is 2.73 bits per heavy atom. The van der Waals surface area contributed by atoms with Crippen LogP contribution in [0.25, 0.3) is 0 Å². The number of aromatic nitrogens is 6. The van der Waals surface area contributed by atoms with Gasteiger partial charge in [0.25, 0.3) is 5.56 Å². The monoisotopic (exact) mass is 396 g/mol. The Labute approximate surface area is 157 Å². The third kappa shape index (κ3) is 3.35. The number of aryl methyl sites for hydroxylation is 2. The second-order valence-electron chi connectivity index (χ2n) is 5.42. The van der Waals surface area contributed by atoms with E-state index in [4.69, 9.17) is 27.9 Å². The van der Waals surface area contributed by atoms with Gasteiger partial charge in [-0.2, -0.15) is 4.80 Å². The lowest BCUT2D eigenvalue weighted by Gasteiger charge is -2.12. The number of hydrogen-bond acceptors (Lipinski definition) is 6. The molecule has 2 heterocycles. The molecule has 3 rings (SSSR count). The smallest absolute Gasteiger partial charge is 0.277 e. The van der Waals surface area contributed by atoms with E-state index in [2.05, 4.69) is 20.5 Å². The van der Waals surface area contributed by atoms with Crippen molar-refractivity contribution >= 4 is 29.0 Å². The predicted octanol–water partition coefficient (Wildman–Crippen LogP) is 1.63. The average molecular weight is 397 g/mol. The van der Waals surface area contributed by atoms with Crippen LogP contribution in [0.2, 0.25) is 10.0 Å². The summed E-state index contributed by atoms with van der Waals surface area (Å²) in [6.07, 6.45) is 1.30. The van der Waals surface area contributed by atoms with E-state index in [0.29, 0.717) is 12.2 Å². The molecule has 0 aliphatic rings. The summed E-state index contributed by atoms with van der Waals surface area (Å²) in [4.78, 5) is 26.3. The summed E-state index contributed by atoms with van der Waals surface area (Å²) in [5, 5.41) is 14.2. The molecule has 0 bridgehead atoms. The molecule has 0 radical (unpaired) electrons. The van der Waals surface area contributed by atoms with Crippen molar-refractivity contribution in [1.82, 2.24) is 30.0 Å². The quantitative estimate of drug-likeness (QED) is 0.634. The molecule has 3 aromatic rings. The first-order valence-electron chi connectivity index (χ1n) is 7.52. The maximum atomic E-state index is 12.8. The zero-order valence-corrected chi connectivity index (χ0v) is 15.4. The normalized spacial score (nSPS) is 10.9. The molecule has 0 spiro atoms. The molecule has 0 atom stereocenters. The minimum absolute atomic E-state index is 0.0227. The number of halogens is 2. The second-order valence-corrected chi connectivity index (χ2v) is 6.21. The van der Waals surface area contributed by atoms with Crippen LogP contribution in [0.4, 0.5) is 0 Å². The molecule has 9 nitrogen and oxygen atoms in total. The van der Waals surface area contributed by atoms with Crippen LogP contribution in [0.3, 0.4) is 0 Å². The number of carbonyl (C=O) groups is 1. The molecule has 1 N–H and O–H groups in total. The van der Waals surface area contributed by atoms with Gasteiger partial charge in [-0.3, -0.25) is 19.4 Å². The number of ketones is 1. The van der Waals surface area contributed by atoms with Gasteiger partial charge < -0.3 is 4.74 Å². The highest BCUT2D eigenvalue weighted by atomic mass is 35.5. The lowest BCUT2D eigenvalue weighted by Crippen LogP contribution is -2.20. The fourth-order valence-electron chi connectivity index (χ4n) is 2.45. The Bertz CT molecular complexity index is 1010. The molecule has 0 amide bonds. The first-order valence-corrected chi connectivity index (χ1v) is 8.27. The molecular weight excluding hydrogens is 383 g/mol. The number of ether oxygens (including phenoxy) is 1. The molecule has 0 fully saturated rings. The van der Waals surface area contributed by atoms with Gasteiger partial charge in [-0.15, -0.1) is 10.2 Å². The number of hydrogen-bond donors (Lipinski definition) is 1. The average Bonchev–Trinajstić information content (AvgIpc) is 3.19.